The highest BCUT2D eigenvalue weighted by atomic mass is 16.6. The molecule has 9 heavy (non-hydrogen) atoms. The Morgan fingerprint density at radius 1 is 1.56 bits per heavy atom. The van der Waals surface area contributed by atoms with Crippen molar-refractivity contribution >= 4 is 11.9 Å². The molecule has 0 radical (unpaired) electrons. The second-order valence-electron chi connectivity index (χ2n) is 1.72. The van der Waals surface area contributed by atoms with Gasteiger partial charge in [-0.05, 0) is 0 Å². The lowest BCUT2D eigenvalue weighted by atomic mass is 10.5. The van der Waals surface area contributed by atoms with E-state index in [0.29, 0.717) is 12.6 Å². The highest BCUT2D eigenvalue weighted by molar-refractivity contribution is 5.68. The maximum Gasteiger partial charge on any atom is 0.311 e. The van der Waals surface area contributed by atoms with Crippen LogP contribution in [0.5, 0.6) is 5.95 Å². The molecule has 0 aromatic carbocycles. The molecular weight excluding hydrogens is 118 g/mol. The molecule has 0 fully saturated rings. The molecule has 0 atom stereocenters. The molecule has 0 spiro atoms. The van der Waals surface area contributed by atoms with Crippen molar-refractivity contribution in [2.75, 3.05) is 6.61 Å². The lowest BCUT2D eigenvalue weighted by Crippen LogP contribution is -2.00. The minimum Gasteiger partial charge on any atom is -0.458 e. The minimum atomic E-state index is 0.514. The Labute approximate surface area is 52.0 Å². The molecule has 0 unspecified atom stereocenters. The lowest BCUT2D eigenvalue weighted by molar-refractivity contribution is 0.281. The summed E-state index contributed by atoms with van der Waals surface area (Å²) in [7, 11) is 0. The number of hydrogen-bond acceptors (Lipinski definition) is 3. The van der Waals surface area contributed by atoms with Gasteiger partial charge < -0.3 is 9.15 Å². The fourth-order valence-electron chi connectivity index (χ4n) is 0.741. The van der Waals surface area contributed by atoms with Crippen LogP contribution < -0.4 is 4.74 Å². The second kappa shape index (κ2) is 1.62. The van der Waals surface area contributed by atoms with Gasteiger partial charge in [0.2, 0.25) is 0 Å². The van der Waals surface area contributed by atoms with Crippen LogP contribution in [0, 0.1) is 0 Å². The van der Waals surface area contributed by atoms with Gasteiger partial charge >= 0.3 is 5.95 Å². The van der Waals surface area contributed by atoms with Crippen molar-refractivity contribution in [1.82, 2.24) is 0 Å². The van der Waals surface area contributed by atoms with Gasteiger partial charge in [-0.25, -0.2) is 0 Å². The molecule has 0 aliphatic carbocycles. The van der Waals surface area contributed by atoms with Crippen LogP contribution in [-0.2, 0) is 0 Å². The predicted octanol–water partition coefficient (Wildman–Crippen LogP) is 1.37. The summed E-state index contributed by atoms with van der Waals surface area (Å²) in [5, 5.41) is 0. The molecule has 0 bridgehead atoms. The van der Waals surface area contributed by atoms with Crippen molar-refractivity contribution in [1.29, 1.82) is 0 Å². The fourth-order valence-corrected chi connectivity index (χ4v) is 0.741. The second-order valence-corrected chi connectivity index (χ2v) is 1.72. The Kier molecular flexibility index (Phi) is 0.828. The van der Waals surface area contributed by atoms with Gasteiger partial charge in [0.15, 0.2) is 0 Å². The van der Waals surface area contributed by atoms with Crippen LogP contribution in [0.4, 0.5) is 5.69 Å². The summed E-state index contributed by atoms with van der Waals surface area (Å²) in [5.74, 6) is 0.525. The van der Waals surface area contributed by atoms with Gasteiger partial charge in [-0.15, -0.1) is 0 Å². The number of nitrogens with zero attached hydrogens (tertiary/aromatic N) is 1. The van der Waals surface area contributed by atoms with Crippen molar-refractivity contribution in [2.24, 2.45) is 4.99 Å². The predicted molar refractivity (Wildman–Crippen MR) is 32.4 cm³/mol. The largest absolute Gasteiger partial charge is 0.458 e. The zero-order chi connectivity index (χ0) is 6.10. The Morgan fingerprint density at radius 2 is 2.56 bits per heavy atom. The molecular formula is C6H5NO2. The summed E-state index contributed by atoms with van der Waals surface area (Å²) < 4.78 is 9.97. The van der Waals surface area contributed by atoms with Crippen LogP contribution in [0.15, 0.2) is 21.7 Å². The first-order valence-electron chi connectivity index (χ1n) is 2.69. The van der Waals surface area contributed by atoms with E-state index in [9.17, 15) is 0 Å². The van der Waals surface area contributed by atoms with Crippen LogP contribution in [0.1, 0.15) is 0 Å². The highest BCUT2D eigenvalue weighted by Gasteiger charge is 2.07. The summed E-state index contributed by atoms with van der Waals surface area (Å²) in [6.07, 6.45) is 3.27. The first kappa shape index (κ1) is 4.61. The van der Waals surface area contributed by atoms with E-state index < -0.39 is 0 Å². The Hall–Kier alpha value is -1.25. The molecule has 1 aliphatic rings. The van der Waals surface area contributed by atoms with E-state index in [2.05, 4.69) is 4.99 Å². The van der Waals surface area contributed by atoms with Gasteiger partial charge in [0, 0.05) is 12.3 Å². The number of fused-ring (bicyclic) bond motifs is 1. The number of hydrogen-bond donors (Lipinski definition) is 0. The van der Waals surface area contributed by atoms with Crippen LogP contribution in [0.2, 0.25) is 0 Å². The Bertz CT molecular complexity index is 239. The van der Waals surface area contributed by atoms with Gasteiger partial charge in [0.25, 0.3) is 0 Å². The monoisotopic (exact) mass is 123 g/mol. The molecule has 46 valence electrons. The highest BCUT2D eigenvalue weighted by Crippen LogP contribution is 2.29. The van der Waals surface area contributed by atoms with E-state index in [1.54, 1.807) is 18.5 Å². The molecule has 3 nitrogen and oxygen atoms in total. The molecule has 0 saturated heterocycles. The van der Waals surface area contributed by atoms with E-state index >= 15 is 0 Å². The first-order chi connectivity index (χ1) is 4.47. The van der Waals surface area contributed by atoms with E-state index in [-0.39, 0.29) is 0 Å². The van der Waals surface area contributed by atoms with Gasteiger partial charge in [0.1, 0.15) is 12.3 Å². The molecule has 0 amide bonds. The third kappa shape index (κ3) is 0.614. The van der Waals surface area contributed by atoms with Gasteiger partial charge in [-0.1, -0.05) is 0 Å². The standard InChI is InChI=1S/C6H5NO2/c1-3-8-6-5(1)7-2-4-9-6/h1-3H,4H2. The van der Waals surface area contributed by atoms with Gasteiger partial charge in [-0.2, -0.15) is 0 Å². The van der Waals surface area contributed by atoms with Crippen LogP contribution >= 0.6 is 0 Å². The smallest absolute Gasteiger partial charge is 0.311 e. The minimum absolute atomic E-state index is 0.514. The topological polar surface area (TPSA) is 34.7 Å². The van der Waals surface area contributed by atoms with E-state index in [4.69, 9.17) is 9.15 Å². The van der Waals surface area contributed by atoms with Crippen molar-refractivity contribution in [3.05, 3.63) is 12.3 Å². The third-order valence-electron chi connectivity index (χ3n) is 1.13. The SMILES string of the molecule is C1=Nc2ccoc2OC1. The molecule has 0 saturated carbocycles. The van der Waals surface area contributed by atoms with E-state index in [1.807, 2.05) is 0 Å². The molecule has 2 heterocycles. The van der Waals surface area contributed by atoms with Crippen molar-refractivity contribution in [3.63, 3.8) is 0 Å². The zero-order valence-corrected chi connectivity index (χ0v) is 4.70. The van der Waals surface area contributed by atoms with Gasteiger partial charge in [-0.3, -0.25) is 4.99 Å². The Morgan fingerprint density at radius 3 is 3.44 bits per heavy atom. The quantitative estimate of drug-likeness (QED) is 0.522. The number of aliphatic imine (C=N–C) groups is 1. The molecule has 1 aromatic rings. The number of ether oxygens (including phenoxy) is 1. The van der Waals surface area contributed by atoms with Crippen molar-refractivity contribution < 1.29 is 9.15 Å². The maximum absolute atomic E-state index is 5.05. The molecule has 0 N–H and O–H groups in total. The average Bonchev–Trinajstić information content (AvgIpc) is 2.33. The molecule has 3 heteroatoms. The van der Waals surface area contributed by atoms with Crippen molar-refractivity contribution in [3.8, 4) is 5.95 Å². The summed E-state index contributed by atoms with van der Waals surface area (Å²) in [4.78, 5) is 4.01. The summed E-state index contributed by atoms with van der Waals surface area (Å²) in [6, 6.07) is 1.77. The van der Waals surface area contributed by atoms with Crippen molar-refractivity contribution in [2.45, 2.75) is 0 Å². The van der Waals surface area contributed by atoms with Gasteiger partial charge in [0.05, 0.1) is 6.26 Å². The summed E-state index contributed by atoms with van der Waals surface area (Å²) in [5.41, 5.74) is 0.779. The first-order valence-corrected chi connectivity index (χ1v) is 2.69. The van der Waals surface area contributed by atoms with E-state index in [1.165, 1.54) is 0 Å². The van der Waals surface area contributed by atoms with E-state index in [0.717, 1.165) is 5.69 Å². The molecule has 1 aromatic heterocycles. The summed E-state index contributed by atoms with van der Waals surface area (Å²) in [6.45, 7) is 0.514. The zero-order valence-electron chi connectivity index (χ0n) is 4.70. The van der Waals surface area contributed by atoms with Crippen LogP contribution in [-0.4, -0.2) is 12.8 Å². The average molecular weight is 123 g/mol. The Balaban J connectivity index is 2.53. The van der Waals surface area contributed by atoms with Crippen LogP contribution in [0.25, 0.3) is 0 Å². The number of furan rings is 1. The third-order valence-corrected chi connectivity index (χ3v) is 1.13. The molecule has 2 rings (SSSR count). The normalized spacial score (nSPS) is 14.7. The summed E-state index contributed by atoms with van der Waals surface area (Å²) >= 11 is 0. The lowest BCUT2D eigenvalue weighted by Gasteiger charge is -2.02. The maximum atomic E-state index is 5.05. The van der Waals surface area contributed by atoms with Crippen LogP contribution in [0.3, 0.4) is 0 Å². The fraction of sp³-hybridized carbons (Fsp3) is 0.167. The number of rotatable bonds is 0. The molecule has 1 aliphatic heterocycles.